The average molecular weight is 360 g/mol. The quantitative estimate of drug-likeness (QED) is 0.761. The molecule has 4 nitrogen and oxygen atoms in total. The summed E-state index contributed by atoms with van der Waals surface area (Å²) in [6.45, 7) is 4.39. The zero-order valence-corrected chi connectivity index (χ0v) is 14.8. The molecule has 138 valence electrons. The van der Waals surface area contributed by atoms with Crippen LogP contribution in [0.5, 0.6) is 0 Å². The molecule has 0 saturated carbocycles. The van der Waals surface area contributed by atoms with Gasteiger partial charge in [-0.25, -0.2) is 8.78 Å². The van der Waals surface area contributed by atoms with Crippen LogP contribution in [0.2, 0.25) is 0 Å². The standard InChI is InChI=1S/C20H22F2N2O2/c1-2-26-20(25)15-4-3-5-24(13-15)12-14-6-17(11-23-10-14)16-7-18(21)9-19(22)8-16/h6-11,15H,2-5,12-13H2,1H3/t15-/m0/s1. The molecule has 1 fully saturated rings. The summed E-state index contributed by atoms with van der Waals surface area (Å²) in [7, 11) is 0. The number of likely N-dealkylation sites (tertiary alicyclic amines) is 1. The van der Waals surface area contributed by atoms with Gasteiger partial charge in [-0.3, -0.25) is 14.7 Å². The monoisotopic (exact) mass is 360 g/mol. The van der Waals surface area contributed by atoms with E-state index in [0.717, 1.165) is 31.0 Å². The van der Waals surface area contributed by atoms with Gasteiger partial charge >= 0.3 is 5.97 Å². The second-order valence-corrected chi connectivity index (χ2v) is 6.57. The Kier molecular flexibility index (Phi) is 5.93. The van der Waals surface area contributed by atoms with E-state index in [1.807, 2.05) is 13.0 Å². The van der Waals surface area contributed by atoms with Crippen molar-refractivity contribution in [3.8, 4) is 11.1 Å². The van der Waals surface area contributed by atoms with E-state index in [1.165, 1.54) is 12.1 Å². The lowest BCUT2D eigenvalue weighted by Crippen LogP contribution is -2.38. The molecule has 1 aliphatic heterocycles. The number of rotatable bonds is 5. The minimum atomic E-state index is -0.612. The summed E-state index contributed by atoms with van der Waals surface area (Å²) in [5.41, 5.74) is 2.07. The number of aromatic nitrogens is 1. The number of carbonyl (C=O) groups excluding carboxylic acids is 1. The predicted octanol–water partition coefficient (Wildman–Crippen LogP) is 3.80. The highest BCUT2D eigenvalue weighted by atomic mass is 19.1. The molecule has 1 aromatic carbocycles. The Labute approximate surface area is 151 Å². The number of piperidine rings is 1. The molecule has 1 aliphatic rings. The molecule has 0 unspecified atom stereocenters. The molecule has 0 aliphatic carbocycles. The van der Waals surface area contributed by atoms with E-state index in [0.29, 0.717) is 30.8 Å². The van der Waals surface area contributed by atoms with E-state index in [9.17, 15) is 13.6 Å². The minimum Gasteiger partial charge on any atom is -0.466 e. The normalized spacial score (nSPS) is 17.9. The number of esters is 1. The SMILES string of the molecule is CCOC(=O)[C@H]1CCCN(Cc2cncc(-c3cc(F)cc(F)c3)c2)C1. The van der Waals surface area contributed by atoms with Crippen LogP contribution < -0.4 is 0 Å². The summed E-state index contributed by atoms with van der Waals surface area (Å²) in [5, 5.41) is 0. The zero-order chi connectivity index (χ0) is 18.5. The van der Waals surface area contributed by atoms with E-state index < -0.39 is 11.6 Å². The lowest BCUT2D eigenvalue weighted by atomic mass is 9.97. The average Bonchev–Trinajstić information content (AvgIpc) is 2.61. The molecule has 26 heavy (non-hydrogen) atoms. The molecule has 0 spiro atoms. The third-order valence-corrected chi connectivity index (χ3v) is 4.52. The number of halogens is 2. The second-order valence-electron chi connectivity index (χ2n) is 6.57. The van der Waals surface area contributed by atoms with Crippen LogP contribution in [-0.2, 0) is 16.1 Å². The maximum absolute atomic E-state index is 13.5. The van der Waals surface area contributed by atoms with Crippen LogP contribution >= 0.6 is 0 Å². The Morgan fingerprint density at radius 3 is 2.69 bits per heavy atom. The topological polar surface area (TPSA) is 42.4 Å². The van der Waals surface area contributed by atoms with Gasteiger partial charge in [0.05, 0.1) is 12.5 Å². The molecule has 1 saturated heterocycles. The number of pyridine rings is 1. The number of hydrogen-bond acceptors (Lipinski definition) is 4. The van der Waals surface area contributed by atoms with Gasteiger partial charge in [-0.05, 0) is 55.6 Å². The molecular weight excluding hydrogens is 338 g/mol. The van der Waals surface area contributed by atoms with Crippen molar-refractivity contribution in [2.75, 3.05) is 19.7 Å². The zero-order valence-electron chi connectivity index (χ0n) is 14.8. The van der Waals surface area contributed by atoms with Gasteiger partial charge in [0.15, 0.2) is 0 Å². The van der Waals surface area contributed by atoms with Gasteiger partial charge in [0.1, 0.15) is 11.6 Å². The summed E-state index contributed by atoms with van der Waals surface area (Å²) in [6, 6.07) is 5.32. The van der Waals surface area contributed by atoms with E-state index in [1.54, 1.807) is 12.4 Å². The van der Waals surface area contributed by atoms with Crippen molar-refractivity contribution in [3.63, 3.8) is 0 Å². The van der Waals surface area contributed by atoms with Gasteiger partial charge in [-0.1, -0.05) is 0 Å². The van der Waals surface area contributed by atoms with Crippen LogP contribution in [0.15, 0.2) is 36.7 Å². The molecule has 0 radical (unpaired) electrons. The third-order valence-electron chi connectivity index (χ3n) is 4.52. The molecule has 1 atom stereocenters. The first kappa shape index (κ1) is 18.5. The van der Waals surface area contributed by atoms with E-state index in [4.69, 9.17) is 4.74 Å². The molecule has 0 amide bonds. The number of nitrogens with zero attached hydrogens (tertiary/aromatic N) is 2. The van der Waals surface area contributed by atoms with E-state index in [2.05, 4.69) is 9.88 Å². The first-order chi connectivity index (χ1) is 12.5. The summed E-state index contributed by atoms with van der Waals surface area (Å²) in [5.74, 6) is -1.46. The summed E-state index contributed by atoms with van der Waals surface area (Å²) in [4.78, 5) is 18.4. The van der Waals surface area contributed by atoms with Gasteiger partial charge < -0.3 is 4.74 Å². The first-order valence-corrected chi connectivity index (χ1v) is 8.84. The van der Waals surface area contributed by atoms with Gasteiger partial charge in [0.25, 0.3) is 0 Å². The lowest BCUT2D eigenvalue weighted by Gasteiger charge is -2.31. The Morgan fingerprint density at radius 1 is 1.19 bits per heavy atom. The molecule has 0 bridgehead atoms. The molecule has 0 N–H and O–H groups in total. The maximum Gasteiger partial charge on any atom is 0.310 e. The van der Waals surface area contributed by atoms with Crippen LogP contribution in [0.3, 0.4) is 0 Å². The molecule has 2 heterocycles. The maximum atomic E-state index is 13.5. The van der Waals surface area contributed by atoms with Crippen LogP contribution in [0.4, 0.5) is 8.78 Å². The smallest absolute Gasteiger partial charge is 0.310 e. The third kappa shape index (κ3) is 4.64. The number of benzene rings is 1. The summed E-state index contributed by atoms with van der Waals surface area (Å²) < 4.78 is 32.0. The van der Waals surface area contributed by atoms with Crippen LogP contribution in [-0.4, -0.2) is 35.5 Å². The fraction of sp³-hybridized carbons (Fsp3) is 0.400. The van der Waals surface area contributed by atoms with Crippen LogP contribution in [0, 0.1) is 17.6 Å². The predicted molar refractivity (Wildman–Crippen MR) is 94.2 cm³/mol. The molecule has 6 heteroatoms. The molecule has 3 rings (SSSR count). The lowest BCUT2D eigenvalue weighted by molar-refractivity contribution is -0.150. The fourth-order valence-corrected chi connectivity index (χ4v) is 3.36. The number of hydrogen-bond donors (Lipinski definition) is 0. The Hall–Kier alpha value is -2.34. The summed E-state index contributed by atoms with van der Waals surface area (Å²) >= 11 is 0. The second kappa shape index (κ2) is 8.36. The van der Waals surface area contributed by atoms with E-state index in [-0.39, 0.29) is 11.9 Å². The van der Waals surface area contributed by atoms with Crippen molar-refractivity contribution in [3.05, 3.63) is 53.9 Å². The van der Waals surface area contributed by atoms with Crippen molar-refractivity contribution in [1.82, 2.24) is 9.88 Å². The molecule has 1 aromatic heterocycles. The van der Waals surface area contributed by atoms with Crippen molar-refractivity contribution >= 4 is 5.97 Å². The number of carbonyl (C=O) groups is 1. The first-order valence-electron chi connectivity index (χ1n) is 8.84. The Balaban J connectivity index is 1.71. The summed E-state index contributed by atoms with van der Waals surface area (Å²) in [6.07, 6.45) is 5.12. The Bertz CT molecular complexity index is 762. The van der Waals surface area contributed by atoms with Crippen LogP contribution in [0.1, 0.15) is 25.3 Å². The highest BCUT2D eigenvalue weighted by Crippen LogP contribution is 2.24. The van der Waals surface area contributed by atoms with Gasteiger partial charge in [-0.15, -0.1) is 0 Å². The minimum absolute atomic E-state index is 0.0999. The van der Waals surface area contributed by atoms with Crippen molar-refractivity contribution in [2.24, 2.45) is 5.92 Å². The van der Waals surface area contributed by atoms with Gasteiger partial charge in [0.2, 0.25) is 0 Å². The number of ether oxygens (including phenoxy) is 1. The van der Waals surface area contributed by atoms with Gasteiger partial charge in [0, 0.05) is 37.1 Å². The van der Waals surface area contributed by atoms with Crippen molar-refractivity contribution < 1.29 is 18.3 Å². The largest absolute Gasteiger partial charge is 0.466 e. The van der Waals surface area contributed by atoms with Crippen molar-refractivity contribution in [1.29, 1.82) is 0 Å². The Morgan fingerprint density at radius 2 is 1.96 bits per heavy atom. The van der Waals surface area contributed by atoms with Crippen LogP contribution in [0.25, 0.3) is 11.1 Å². The fourth-order valence-electron chi connectivity index (χ4n) is 3.36. The van der Waals surface area contributed by atoms with E-state index >= 15 is 0 Å². The highest BCUT2D eigenvalue weighted by molar-refractivity contribution is 5.72. The van der Waals surface area contributed by atoms with Crippen molar-refractivity contribution in [2.45, 2.75) is 26.3 Å². The van der Waals surface area contributed by atoms with Gasteiger partial charge in [-0.2, -0.15) is 0 Å². The molecule has 2 aromatic rings. The molecular formula is C20H22F2N2O2. The highest BCUT2D eigenvalue weighted by Gasteiger charge is 2.26.